The molecule has 4 nitrogen and oxygen atoms in total. The molecule has 0 aliphatic carbocycles. The highest BCUT2D eigenvalue weighted by atomic mass is 16.5. The third-order valence-corrected chi connectivity index (χ3v) is 1.54. The topological polar surface area (TPSA) is 85.1 Å². The summed E-state index contributed by atoms with van der Waals surface area (Å²) in [5.41, 5.74) is 12.0. The lowest BCUT2D eigenvalue weighted by molar-refractivity contribution is 0.417. The second kappa shape index (κ2) is 3.13. The van der Waals surface area contributed by atoms with Gasteiger partial charge in [-0.15, -0.1) is 0 Å². The van der Waals surface area contributed by atoms with Gasteiger partial charge in [0.1, 0.15) is 11.6 Å². The van der Waals surface area contributed by atoms with Crippen molar-refractivity contribution in [2.75, 3.05) is 12.8 Å². The molecule has 0 amide bonds. The Kier molecular flexibility index (Phi) is 2.19. The van der Waals surface area contributed by atoms with Crippen molar-refractivity contribution < 1.29 is 4.74 Å². The highest BCUT2D eigenvalue weighted by molar-refractivity contribution is 5.95. The third-order valence-electron chi connectivity index (χ3n) is 1.54. The average molecular weight is 165 g/mol. The number of benzene rings is 1. The van der Waals surface area contributed by atoms with Crippen LogP contribution in [-0.4, -0.2) is 12.9 Å². The van der Waals surface area contributed by atoms with Crippen LogP contribution in [0, 0.1) is 5.41 Å². The van der Waals surface area contributed by atoms with E-state index in [1.54, 1.807) is 18.2 Å². The lowest BCUT2D eigenvalue weighted by Crippen LogP contribution is -2.11. The zero-order valence-electron chi connectivity index (χ0n) is 6.79. The maximum absolute atomic E-state index is 7.16. The zero-order chi connectivity index (χ0) is 9.14. The molecule has 5 N–H and O–H groups in total. The Labute approximate surface area is 70.6 Å². The van der Waals surface area contributed by atoms with E-state index < -0.39 is 0 Å². The van der Waals surface area contributed by atoms with Crippen LogP contribution in [0.4, 0.5) is 5.69 Å². The molecular weight excluding hydrogens is 154 g/mol. The van der Waals surface area contributed by atoms with Crippen LogP contribution in [-0.2, 0) is 0 Å². The lowest BCUT2D eigenvalue weighted by Gasteiger charge is -2.05. The summed E-state index contributed by atoms with van der Waals surface area (Å²) in [7, 11) is 1.52. The maximum Gasteiger partial charge on any atom is 0.142 e. The summed E-state index contributed by atoms with van der Waals surface area (Å²) in [6, 6.07) is 4.98. The number of amidine groups is 1. The van der Waals surface area contributed by atoms with Crippen molar-refractivity contribution >= 4 is 11.5 Å². The van der Waals surface area contributed by atoms with Crippen LogP contribution in [0.25, 0.3) is 0 Å². The van der Waals surface area contributed by atoms with Gasteiger partial charge in [-0.2, -0.15) is 0 Å². The smallest absolute Gasteiger partial charge is 0.142 e. The first kappa shape index (κ1) is 8.39. The van der Waals surface area contributed by atoms with Gasteiger partial charge in [-0.25, -0.2) is 0 Å². The number of methoxy groups -OCH3 is 1. The number of anilines is 1. The van der Waals surface area contributed by atoms with Gasteiger partial charge in [0.05, 0.1) is 12.8 Å². The Morgan fingerprint density at radius 1 is 1.50 bits per heavy atom. The van der Waals surface area contributed by atoms with Crippen molar-refractivity contribution in [3.8, 4) is 5.75 Å². The first-order valence-corrected chi connectivity index (χ1v) is 3.43. The number of ether oxygens (including phenoxy) is 1. The fraction of sp³-hybridized carbons (Fsp3) is 0.125. The molecule has 0 fully saturated rings. The molecule has 1 aromatic rings. The Hall–Kier alpha value is -1.71. The largest absolute Gasteiger partial charge is 0.495 e. The summed E-state index contributed by atoms with van der Waals surface area (Å²) in [6.45, 7) is 0. The number of rotatable bonds is 2. The molecule has 0 aliphatic heterocycles. The Morgan fingerprint density at radius 3 is 2.67 bits per heavy atom. The minimum Gasteiger partial charge on any atom is -0.495 e. The molecule has 0 aromatic heterocycles. The van der Waals surface area contributed by atoms with Crippen LogP contribution in [0.3, 0.4) is 0 Å². The van der Waals surface area contributed by atoms with E-state index in [2.05, 4.69) is 0 Å². The summed E-state index contributed by atoms with van der Waals surface area (Å²) in [5.74, 6) is 0.552. The lowest BCUT2D eigenvalue weighted by atomic mass is 10.2. The molecule has 1 rings (SSSR count). The second-order valence-electron chi connectivity index (χ2n) is 2.37. The van der Waals surface area contributed by atoms with Gasteiger partial charge in [0.2, 0.25) is 0 Å². The van der Waals surface area contributed by atoms with Crippen molar-refractivity contribution in [3.05, 3.63) is 23.8 Å². The molecule has 0 unspecified atom stereocenters. The molecule has 0 aliphatic rings. The summed E-state index contributed by atoms with van der Waals surface area (Å²) >= 11 is 0. The molecular formula is C8H11N3O. The molecule has 0 spiro atoms. The maximum atomic E-state index is 7.16. The molecule has 0 bridgehead atoms. The van der Waals surface area contributed by atoms with Gasteiger partial charge in [0.25, 0.3) is 0 Å². The van der Waals surface area contributed by atoms with Crippen LogP contribution in [0.15, 0.2) is 18.2 Å². The summed E-state index contributed by atoms with van der Waals surface area (Å²) in [4.78, 5) is 0. The van der Waals surface area contributed by atoms with E-state index in [1.807, 2.05) is 0 Å². The van der Waals surface area contributed by atoms with Gasteiger partial charge in [-0.3, -0.25) is 5.41 Å². The molecule has 64 valence electrons. The minimum absolute atomic E-state index is 0.00769. The van der Waals surface area contributed by atoms with E-state index in [0.29, 0.717) is 17.0 Å². The quantitative estimate of drug-likeness (QED) is 0.340. The molecule has 4 heteroatoms. The standard InChI is InChI=1S/C8H11N3O/c1-12-7-4-5(8(10)11)2-3-6(7)9/h2-4H,9H2,1H3,(H3,10,11). The molecule has 0 heterocycles. The normalized spacial score (nSPS) is 9.42. The van der Waals surface area contributed by atoms with Crippen LogP contribution in [0.1, 0.15) is 5.56 Å². The second-order valence-corrected chi connectivity index (χ2v) is 2.37. The predicted molar refractivity (Wildman–Crippen MR) is 48.4 cm³/mol. The fourth-order valence-electron chi connectivity index (χ4n) is 0.879. The first-order valence-electron chi connectivity index (χ1n) is 3.43. The van der Waals surface area contributed by atoms with Gasteiger partial charge in [0, 0.05) is 5.56 Å². The molecule has 0 saturated heterocycles. The van der Waals surface area contributed by atoms with Gasteiger partial charge < -0.3 is 16.2 Å². The van der Waals surface area contributed by atoms with Crippen molar-refractivity contribution in [1.29, 1.82) is 5.41 Å². The predicted octanol–water partition coefficient (Wildman–Crippen LogP) is 0.561. The van der Waals surface area contributed by atoms with E-state index in [-0.39, 0.29) is 5.84 Å². The fourth-order valence-corrected chi connectivity index (χ4v) is 0.879. The number of hydrogen-bond donors (Lipinski definition) is 3. The van der Waals surface area contributed by atoms with E-state index in [9.17, 15) is 0 Å². The summed E-state index contributed by atoms with van der Waals surface area (Å²) in [6.07, 6.45) is 0. The number of nitrogens with one attached hydrogen (secondary N) is 1. The van der Waals surface area contributed by atoms with Gasteiger partial charge in [-0.05, 0) is 18.2 Å². The molecule has 0 atom stereocenters. The highest BCUT2D eigenvalue weighted by Gasteiger charge is 2.01. The van der Waals surface area contributed by atoms with E-state index in [1.165, 1.54) is 7.11 Å². The average Bonchev–Trinajstić information content (AvgIpc) is 2.05. The number of hydrogen-bond acceptors (Lipinski definition) is 3. The molecule has 0 radical (unpaired) electrons. The third kappa shape index (κ3) is 1.47. The number of nitrogens with two attached hydrogens (primary N) is 2. The summed E-state index contributed by atoms with van der Waals surface area (Å²) in [5, 5.41) is 7.16. The highest BCUT2D eigenvalue weighted by Crippen LogP contribution is 2.21. The SMILES string of the molecule is COc1cc(C(=N)N)ccc1N. The molecule has 1 aromatic carbocycles. The Morgan fingerprint density at radius 2 is 2.17 bits per heavy atom. The van der Waals surface area contributed by atoms with Crippen molar-refractivity contribution in [2.45, 2.75) is 0 Å². The monoisotopic (exact) mass is 165 g/mol. The molecule has 12 heavy (non-hydrogen) atoms. The van der Waals surface area contributed by atoms with Crippen LogP contribution in [0.2, 0.25) is 0 Å². The first-order chi connectivity index (χ1) is 5.65. The Bertz CT molecular complexity index is 309. The van der Waals surface area contributed by atoms with Crippen molar-refractivity contribution in [3.63, 3.8) is 0 Å². The van der Waals surface area contributed by atoms with Crippen LogP contribution >= 0.6 is 0 Å². The van der Waals surface area contributed by atoms with Crippen molar-refractivity contribution in [2.24, 2.45) is 5.73 Å². The summed E-state index contributed by atoms with van der Waals surface area (Å²) < 4.78 is 4.96. The Balaban J connectivity index is 3.13. The van der Waals surface area contributed by atoms with Gasteiger partial charge in [-0.1, -0.05) is 0 Å². The van der Waals surface area contributed by atoms with Gasteiger partial charge in [0.15, 0.2) is 0 Å². The van der Waals surface area contributed by atoms with Crippen LogP contribution < -0.4 is 16.2 Å². The van der Waals surface area contributed by atoms with E-state index in [0.717, 1.165) is 0 Å². The van der Waals surface area contributed by atoms with Crippen LogP contribution in [0.5, 0.6) is 5.75 Å². The van der Waals surface area contributed by atoms with Gasteiger partial charge >= 0.3 is 0 Å². The minimum atomic E-state index is 0.00769. The van der Waals surface area contributed by atoms with Crippen molar-refractivity contribution in [1.82, 2.24) is 0 Å². The van der Waals surface area contributed by atoms with E-state index >= 15 is 0 Å². The van der Waals surface area contributed by atoms with E-state index in [4.69, 9.17) is 21.6 Å². The molecule has 0 saturated carbocycles. The number of nitrogen functional groups attached to an aromatic ring is 2. The zero-order valence-corrected chi connectivity index (χ0v) is 6.79.